The molecule has 0 spiro atoms. The predicted molar refractivity (Wildman–Crippen MR) is 77.3 cm³/mol. The van der Waals surface area contributed by atoms with Gasteiger partial charge in [-0.25, -0.2) is 13.1 Å². The first-order chi connectivity index (χ1) is 9.35. The van der Waals surface area contributed by atoms with E-state index in [9.17, 15) is 13.2 Å². The summed E-state index contributed by atoms with van der Waals surface area (Å²) in [5, 5.41) is 11.6. The maximum absolute atomic E-state index is 12.1. The van der Waals surface area contributed by atoms with Gasteiger partial charge in [0.2, 0.25) is 0 Å². The number of amides is 1. The van der Waals surface area contributed by atoms with Gasteiger partial charge in [0.1, 0.15) is 6.07 Å². The van der Waals surface area contributed by atoms with Gasteiger partial charge in [-0.2, -0.15) is 5.26 Å². The van der Waals surface area contributed by atoms with Crippen LogP contribution in [0.5, 0.6) is 0 Å². The minimum Gasteiger partial charge on any atom is -0.309 e. The van der Waals surface area contributed by atoms with Crippen LogP contribution in [0.25, 0.3) is 0 Å². The molecule has 2 N–H and O–H groups in total. The smallest absolute Gasteiger partial charge is 0.264 e. The van der Waals surface area contributed by atoms with Crippen LogP contribution in [0.15, 0.2) is 27.6 Å². The van der Waals surface area contributed by atoms with Crippen LogP contribution in [0.3, 0.4) is 0 Å². The van der Waals surface area contributed by atoms with Crippen LogP contribution in [0.2, 0.25) is 0 Å². The van der Waals surface area contributed by atoms with Gasteiger partial charge >= 0.3 is 0 Å². The Morgan fingerprint density at radius 1 is 1.50 bits per heavy atom. The number of sulfonamides is 1. The maximum atomic E-state index is 12.1. The number of carbonyl (C=O) groups is 1. The maximum Gasteiger partial charge on any atom is 0.264 e. The molecule has 0 aliphatic carbocycles. The van der Waals surface area contributed by atoms with E-state index in [0.717, 1.165) is 0 Å². The van der Waals surface area contributed by atoms with Crippen molar-refractivity contribution in [1.82, 2.24) is 10.0 Å². The number of likely N-dealkylation sites (N-methyl/N-ethyl adjacent to an activating group) is 1. The summed E-state index contributed by atoms with van der Waals surface area (Å²) < 4.78 is 26.6. The second-order valence-electron chi connectivity index (χ2n) is 3.97. The molecule has 8 heteroatoms. The van der Waals surface area contributed by atoms with Crippen LogP contribution >= 0.6 is 15.9 Å². The van der Waals surface area contributed by atoms with Crippen LogP contribution in [-0.2, 0) is 14.8 Å². The van der Waals surface area contributed by atoms with Crippen LogP contribution in [0, 0.1) is 11.3 Å². The lowest BCUT2D eigenvalue weighted by Crippen LogP contribution is -2.44. The van der Waals surface area contributed by atoms with Gasteiger partial charge in [-0.05, 0) is 47.6 Å². The Bertz CT molecular complexity index is 648. The molecule has 0 saturated heterocycles. The third-order valence-corrected chi connectivity index (χ3v) is 4.71. The Hall–Kier alpha value is -1.43. The van der Waals surface area contributed by atoms with Gasteiger partial charge in [-0.1, -0.05) is 6.92 Å². The molecule has 0 fully saturated rings. The summed E-state index contributed by atoms with van der Waals surface area (Å²) in [6.07, 6.45) is 0.460. The fraction of sp³-hybridized carbons (Fsp3) is 0.333. The van der Waals surface area contributed by atoms with Gasteiger partial charge < -0.3 is 5.32 Å². The molecule has 108 valence electrons. The molecular formula is C12H14BrN3O3S. The summed E-state index contributed by atoms with van der Waals surface area (Å²) in [6, 6.07) is 5.26. The van der Waals surface area contributed by atoms with E-state index < -0.39 is 22.0 Å². The number of hydrogen-bond acceptors (Lipinski definition) is 5. The molecule has 1 aromatic rings. The number of hydrogen-bond donors (Lipinski definition) is 2. The summed E-state index contributed by atoms with van der Waals surface area (Å²) in [4.78, 5) is 11.7. The van der Waals surface area contributed by atoms with Crippen LogP contribution < -0.4 is 10.0 Å². The van der Waals surface area contributed by atoms with Crippen molar-refractivity contribution < 1.29 is 13.2 Å². The molecule has 1 unspecified atom stereocenters. The highest BCUT2D eigenvalue weighted by Gasteiger charge is 2.23. The molecule has 0 aromatic heterocycles. The lowest BCUT2D eigenvalue weighted by Gasteiger charge is -2.14. The first-order valence-electron chi connectivity index (χ1n) is 5.79. The van der Waals surface area contributed by atoms with Crippen molar-refractivity contribution in [1.29, 1.82) is 5.26 Å². The number of nitrogens with zero attached hydrogens (tertiary/aromatic N) is 1. The molecule has 1 amide bonds. The van der Waals surface area contributed by atoms with E-state index in [-0.39, 0.29) is 10.5 Å². The van der Waals surface area contributed by atoms with Gasteiger partial charge in [0.15, 0.2) is 0 Å². The fourth-order valence-corrected chi connectivity index (χ4v) is 2.92. The minimum absolute atomic E-state index is 0.128. The zero-order valence-electron chi connectivity index (χ0n) is 11.0. The van der Waals surface area contributed by atoms with Crippen molar-refractivity contribution in [3.05, 3.63) is 28.2 Å². The SMILES string of the molecule is CCC(NC)C(=O)NS(=O)(=O)c1ccc(Br)c(C#N)c1. The standard InChI is InChI=1S/C12H14BrN3O3S/c1-3-11(15-2)12(17)16-20(18,19)9-4-5-10(13)8(6-9)7-14/h4-6,11,15H,3H2,1-2H3,(H,16,17). The van der Waals surface area contributed by atoms with Crippen molar-refractivity contribution in [2.24, 2.45) is 0 Å². The fourth-order valence-electron chi connectivity index (χ4n) is 1.54. The molecular weight excluding hydrogens is 346 g/mol. The Morgan fingerprint density at radius 2 is 2.15 bits per heavy atom. The second-order valence-corrected chi connectivity index (χ2v) is 6.51. The summed E-state index contributed by atoms with van der Waals surface area (Å²) in [5.41, 5.74) is 0.181. The molecule has 0 radical (unpaired) electrons. The largest absolute Gasteiger partial charge is 0.309 e. The highest BCUT2D eigenvalue weighted by atomic mass is 79.9. The normalized spacial score (nSPS) is 12.5. The lowest BCUT2D eigenvalue weighted by atomic mass is 10.2. The third kappa shape index (κ3) is 3.79. The third-order valence-electron chi connectivity index (χ3n) is 2.68. The molecule has 0 bridgehead atoms. The summed E-state index contributed by atoms with van der Waals surface area (Å²) in [7, 11) is -2.41. The number of carbonyl (C=O) groups excluding carboxylic acids is 1. The van der Waals surface area contributed by atoms with Gasteiger partial charge in [0, 0.05) is 4.47 Å². The Balaban J connectivity index is 3.06. The first kappa shape index (κ1) is 16.6. The number of benzene rings is 1. The molecule has 0 saturated carbocycles. The van der Waals surface area contributed by atoms with Gasteiger partial charge in [-0.15, -0.1) is 0 Å². The topological polar surface area (TPSA) is 99.1 Å². The quantitative estimate of drug-likeness (QED) is 0.820. The van der Waals surface area contributed by atoms with E-state index in [0.29, 0.717) is 10.9 Å². The number of nitrogens with one attached hydrogen (secondary N) is 2. The molecule has 1 atom stereocenters. The Kier molecular flexibility index (Phi) is 5.68. The minimum atomic E-state index is -3.99. The molecule has 6 nitrogen and oxygen atoms in total. The van der Waals surface area contributed by atoms with E-state index in [4.69, 9.17) is 5.26 Å². The average Bonchev–Trinajstić information content (AvgIpc) is 2.39. The molecule has 0 aliphatic rings. The van der Waals surface area contributed by atoms with Crippen molar-refractivity contribution >= 4 is 31.9 Å². The molecule has 0 aliphatic heterocycles. The predicted octanol–water partition coefficient (Wildman–Crippen LogP) is 1.12. The highest BCUT2D eigenvalue weighted by molar-refractivity contribution is 9.10. The van der Waals surface area contributed by atoms with Crippen molar-refractivity contribution in [3.8, 4) is 6.07 Å². The summed E-state index contributed by atoms with van der Waals surface area (Å²) >= 11 is 3.14. The van der Waals surface area contributed by atoms with Gasteiger partial charge in [0.05, 0.1) is 16.5 Å². The Morgan fingerprint density at radius 3 is 2.65 bits per heavy atom. The van der Waals surface area contributed by atoms with E-state index in [1.54, 1.807) is 14.0 Å². The Labute approximate surface area is 126 Å². The van der Waals surface area contributed by atoms with Crippen LogP contribution in [0.4, 0.5) is 0 Å². The number of rotatable bonds is 5. The molecule has 1 rings (SSSR count). The first-order valence-corrected chi connectivity index (χ1v) is 8.07. The number of nitriles is 1. The second kappa shape index (κ2) is 6.83. The molecule has 20 heavy (non-hydrogen) atoms. The molecule has 1 aromatic carbocycles. The summed E-state index contributed by atoms with van der Waals surface area (Å²) in [5.74, 6) is -0.628. The van der Waals surface area contributed by atoms with Crippen molar-refractivity contribution in [3.63, 3.8) is 0 Å². The van der Waals surface area contributed by atoms with Gasteiger partial charge in [-0.3, -0.25) is 4.79 Å². The van der Waals surface area contributed by atoms with E-state index in [1.807, 2.05) is 10.8 Å². The zero-order chi connectivity index (χ0) is 15.3. The molecule has 0 heterocycles. The van der Waals surface area contributed by atoms with E-state index in [2.05, 4.69) is 21.2 Å². The van der Waals surface area contributed by atoms with Crippen LogP contribution in [0.1, 0.15) is 18.9 Å². The average molecular weight is 360 g/mol. The van der Waals surface area contributed by atoms with E-state index >= 15 is 0 Å². The van der Waals surface area contributed by atoms with Crippen LogP contribution in [-0.4, -0.2) is 27.4 Å². The van der Waals surface area contributed by atoms with E-state index in [1.165, 1.54) is 18.2 Å². The lowest BCUT2D eigenvalue weighted by molar-refractivity contribution is -0.121. The van der Waals surface area contributed by atoms with Gasteiger partial charge in [0.25, 0.3) is 15.9 Å². The van der Waals surface area contributed by atoms with Crippen molar-refractivity contribution in [2.45, 2.75) is 24.3 Å². The van der Waals surface area contributed by atoms with Crippen molar-refractivity contribution in [2.75, 3.05) is 7.05 Å². The number of halogens is 1. The highest BCUT2D eigenvalue weighted by Crippen LogP contribution is 2.20. The monoisotopic (exact) mass is 359 g/mol. The zero-order valence-corrected chi connectivity index (χ0v) is 13.4. The summed E-state index contributed by atoms with van der Waals surface area (Å²) in [6.45, 7) is 1.76.